The minimum absolute atomic E-state index is 0.350. The van der Waals surface area contributed by atoms with Crippen molar-refractivity contribution in [3.8, 4) is 0 Å². The van der Waals surface area contributed by atoms with Gasteiger partial charge >= 0.3 is 5.97 Å². The van der Waals surface area contributed by atoms with Crippen molar-refractivity contribution in [2.75, 3.05) is 5.73 Å². The first-order chi connectivity index (χ1) is 9.29. The summed E-state index contributed by atoms with van der Waals surface area (Å²) >= 11 is 3.17. The maximum absolute atomic E-state index is 10.4. The van der Waals surface area contributed by atoms with Crippen LogP contribution < -0.4 is 5.73 Å². The highest BCUT2D eigenvalue weighted by Crippen LogP contribution is 2.15. The van der Waals surface area contributed by atoms with Gasteiger partial charge in [0.05, 0.1) is 0 Å². The zero-order valence-corrected chi connectivity index (χ0v) is 13.6. The number of aliphatic hydroxyl groups is 1. The summed E-state index contributed by atoms with van der Waals surface area (Å²) in [4.78, 5) is 14.3. The minimum atomic E-state index is -1.53. The van der Waals surface area contributed by atoms with Gasteiger partial charge < -0.3 is 15.9 Å². The van der Waals surface area contributed by atoms with Crippen LogP contribution in [-0.4, -0.2) is 26.8 Å². The van der Waals surface area contributed by atoms with Gasteiger partial charge in [-0.25, -0.2) is 9.78 Å². The lowest BCUT2D eigenvalue weighted by atomic mass is 9.98. The zero-order chi connectivity index (χ0) is 15.6. The lowest BCUT2D eigenvalue weighted by Crippen LogP contribution is -2.34. The summed E-state index contributed by atoms with van der Waals surface area (Å²) in [5, 5.41) is 17.8. The molecule has 0 aromatic carbocycles. The van der Waals surface area contributed by atoms with Crippen LogP contribution in [0.25, 0.3) is 0 Å². The molecular formula is C14H23BrN2O3. The van der Waals surface area contributed by atoms with Gasteiger partial charge in [-0.15, -0.1) is 0 Å². The van der Waals surface area contributed by atoms with E-state index in [1.165, 1.54) is 6.92 Å². The number of hydrogen-bond donors (Lipinski definition) is 3. The van der Waals surface area contributed by atoms with Crippen LogP contribution in [0.2, 0.25) is 0 Å². The van der Waals surface area contributed by atoms with E-state index in [2.05, 4.69) is 27.8 Å². The van der Waals surface area contributed by atoms with Crippen molar-refractivity contribution in [1.82, 2.24) is 4.98 Å². The molecule has 1 unspecified atom stereocenters. The molecule has 1 rings (SSSR count). The molecule has 0 saturated heterocycles. The number of unbranched alkanes of at least 4 members (excludes halogenated alkanes) is 3. The third-order valence-electron chi connectivity index (χ3n) is 2.73. The molecule has 0 radical (unpaired) electrons. The molecule has 114 valence electrons. The molecule has 1 aromatic rings. The maximum atomic E-state index is 10.4. The Morgan fingerprint density at radius 3 is 2.50 bits per heavy atom. The van der Waals surface area contributed by atoms with Crippen LogP contribution in [0.1, 0.15) is 46.0 Å². The molecule has 0 amide bonds. The van der Waals surface area contributed by atoms with E-state index in [4.69, 9.17) is 10.8 Å². The van der Waals surface area contributed by atoms with Crippen LogP contribution in [-0.2, 0) is 4.79 Å². The number of halogens is 1. The highest BCUT2D eigenvalue weighted by Gasteiger charge is 2.28. The molecular weight excluding hydrogens is 324 g/mol. The van der Waals surface area contributed by atoms with Gasteiger partial charge in [-0.3, -0.25) is 0 Å². The number of pyridine rings is 1. The summed E-state index contributed by atoms with van der Waals surface area (Å²) in [5.74, 6) is -1.13. The second kappa shape index (κ2) is 9.72. The Morgan fingerprint density at radius 2 is 2.10 bits per heavy atom. The number of carboxylic acids is 1. The molecule has 1 aromatic heterocycles. The molecule has 0 saturated carbocycles. The van der Waals surface area contributed by atoms with E-state index in [9.17, 15) is 9.90 Å². The third-order valence-corrected chi connectivity index (χ3v) is 3.16. The van der Waals surface area contributed by atoms with Crippen molar-refractivity contribution in [2.45, 2.75) is 51.6 Å². The number of nitrogens with zero attached hydrogens (tertiary/aromatic N) is 1. The predicted octanol–water partition coefficient (Wildman–Crippen LogP) is 3.22. The normalized spacial score (nSPS) is 13.0. The van der Waals surface area contributed by atoms with E-state index in [-0.39, 0.29) is 0 Å². The molecule has 4 N–H and O–H groups in total. The van der Waals surface area contributed by atoms with Gasteiger partial charge in [0.1, 0.15) is 4.60 Å². The number of nitrogen functional groups attached to an aromatic ring is 1. The van der Waals surface area contributed by atoms with Crippen molar-refractivity contribution in [3.63, 3.8) is 0 Å². The van der Waals surface area contributed by atoms with E-state index in [1.807, 2.05) is 0 Å². The number of aromatic nitrogens is 1. The predicted molar refractivity (Wildman–Crippen MR) is 83.4 cm³/mol. The number of aliphatic carboxylic acids is 1. The molecule has 6 heteroatoms. The van der Waals surface area contributed by atoms with E-state index in [1.54, 1.807) is 18.3 Å². The van der Waals surface area contributed by atoms with E-state index < -0.39 is 11.6 Å². The number of hydrogen-bond acceptors (Lipinski definition) is 4. The van der Waals surface area contributed by atoms with Crippen molar-refractivity contribution in [1.29, 1.82) is 0 Å². The largest absolute Gasteiger partial charge is 0.479 e. The first-order valence-electron chi connectivity index (χ1n) is 6.62. The van der Waals surface area contributed by atoms with Gasteiger partial charge in [0, 0.05) is 11.9 Å². The second-order valence-electron chi connectivity index (χ2n) is 4.80. The van der Waals surface area contributed by atoms with Crippen LogP contribution >= 0.6 is 15.9 Å². The summed E-state index contributed by atoms with van der Waals surface area (Å²) in [5.41, 5.74) is 4.58. The van der Waals surface area contributed by atoms with Crippen molar-refractivity contribution < 1.29 is 15.0 Å². The second-order valence-corrected chi connectivity index (χ2v) is 5.61. The fourth-order valence-electron chi connectivity index (χ4n) is 1.42. The Balaban J connectivity index is 0.000000388. The number of rotatable bonds is 6. The van der Waals surface area contributed by atoms with E-state index in [0.717, 1.165) is 36.0 Å². The molecule has 0 aliphatic carbocycles. The Kier molecular flexibility index (Phi) is 9.16. The fraction of sp³-hybridized carbons (Fsp3) is 0.571. The van der Waals surface area contributed by atoms with Gasteiger partial charge in [-0.2, -0.15) is 0 Å². The number of carboxylic acid groups (broad SMARTS) is 1. The van der Waals surface area contributed by atoms with E-state index in [0.29, 0.717) is 6.42 Å². The van der Waals surface area contributed by atoms with Crippen molar-refractivity contribution in [3.05, 3.63) is 22.9 Å². The summed E-state index contributed by atoms with van der Waals surface area (Å²) in [7, 11) is 0. The van der Waals surface area contributed by atoms with Crippen molar-refractivity contribution >= 4 is 27.6 Å². The quantitative estimate of drug-likeness (QED) is 0.542. The third kappa shape index (κ3) is 8.87. The average Bonchev–Trinajstić information content (AvgIpc) is 2.35. The Bertz CT molecular complexity index is 394. The number of nitrogens with two attached hydrogens (primary N) is 1. The van der Waals surface area contributed by atoms with Gasteiger partial charge in [0.2, 0.25) is 0 Å². The number of carbonyl (C=O) groups is 1. The molecule has 0 fully saturated rings. The van der Waals surface area contributed by atoms with E-state index >= 15 is 0 Å². The van der Waals surface area contributed by atoms with Crippen LogP contribution in [0.5, 0.6) is 0 Å². The highest BCUT2D eigenvalue weighted by molar-refractivity contribution is 9.10. The zero-order valence-electron chi connectivity index (χ0n) is 12.0. The lowest BCUT2D eigenvalue weighted by Gasteiger charge is -2.16. The van der Waals surface area contributed by atoms with Crippen LogP contribution in [0.15, 0.2) is 22.9 Å². The van der Waals surface area contributed by atoms with Gasteiger partial charge in [0.15, 0.2) is 5.60 Å². The first-order valence-corrected chi connectivity index (χ1v) is 7.41. The average molecular weight is 347 g/mol. The van der Waals surface area contributed by atoms with Gasteiger partial charge in [-0.1, -0.05) is 26.2 Å². The Labute approximate surface area is 128 Å². The van der Waals surface area contributed by atoms with Crippen LogP contribution in [0.4, 0.5) is 5.69 Å². The van der Waals surface area contributed by atoms with Crippen molar-refractivity contribution in [2.24, 2.45) is 0 Å². The smallest absolute Gasteiger partial charge is 0.335 e. The summed E-state index contributed by atoms with van der Waals surface area (Å²) in [6, 6.07) is 3.49. The molecule has 0 spiro atoms. The monoisotopic (exact) mass is 346 g/mol. The Morgan fingerprint density at radius 1 is 1.45 bits per heavy atom. The molecule has 0 aliphatic heterocycles. The molecule has 20 heavy (non-hydrogen) atoms. The molecule has 0 aliphatic rings. The van der Waals surface area contributed by atoms with Gasteiger partial charge in [-0.05, 0) is 47.8 Å². The summed E-state index contributed by atoms with van der Waals surface area (Å²) in [6.07, 6.45) is 6.01. The SMILES string of the molecule is CCCCCCC(C)(O)C(=O)O.Nc1ccnc(Br)c1. The Hall–Kier alpha value is -1.14. The maximum Gasteiger partial charge on any atom is 0.335 e. The fourth-order valence-corrected chi connectivity index (χ4v) is 1.80. The minimum Gasteiger partial charge on any atom is -0.479 e. The first kappa shape index (κ1) is 18.9. The molecule has 1 atom stereocenters. The van der Waals surface area contributed by atoms with Crippen LogP contribution in [0.3, 0.4) is 0 Å². The topological polar surface area (TPSA) is 96.4 Å². The number of anilines is 1. The van der Waals surface area contributed by atoms with Gasteiger partial charge in [0.25, 0.3) is 0 Å². The lowest BCUT2D eigenvalue weighted by molar-refractivity contribution is -0.157. The highest BCUT2D eigenvalue weighted by atomic mass is 79.9. The molecule has 0 bridgehead atoms. The summed E-state index contributed by atoms with van der Waals surface area (Å²) < 4.78 is 0.775. The van der Waals surface area contributed by atoms with Crippen LogP contribution in [0, 0.1) is 0 Å². The standard InChI is InChI=1S/C9H18O3.C5H5BrN2/c1-3-4-5-6-7-9(2,12)8(10)11;6-5-3-4(7)1-2-8-5/h12H,3-7H2,1-2H3,(H,10,11);1-3H,(H2,7,8). The summed E-state index contributed by atoms with van der Waals surface area (Å²) in [6.45, 7) is 3.44. The molecule has 1 heterocycles. The molecule has 5 nitrogen and oxygen atoms in total.